The van der Waals surface area contributed by atoms with Crippen molar-refractivity contribution in [2.75, 3.05) is 0 Å². The van der Waals surface area contributed by atoms with Gasteiger partial charge in [0.1, 0.15) is 5.82 Å². The topological polar surface area (TPSA) is 38.0 Å². The molecule has 0 amide bonds. The summed E-state index contributed by atoms with van der Waals surface area (Å²) < 4.78 is 13.2. The molecular formula is C14H14ClFN2. The Bertz CT molecular complexity index is 537. The lowest BCUT2D eigenvalue weighted by Crippen LogP contribution is -2.29. The van der Waals surface area contributed by atoms with Crippen LogP contribution in [0.1, 0.15) is 22.7 Å². The summed E-state index contributed by atoms with van der Waals surface area (Å²) in [4.78, 5) is 0. The van der Waals surface area contributed by atoms with Gasteiger partial charge in [-0.05, 0) is 47.9 Å². The highest BCUT2D eigenvalue weighted by atomic mass is 35.5. The second-order valence-electron chi connectivity index (χ2n) is 4.22. The molecule has 94 valence electrons. The third-order valence-corrected chi connectivity index (χ3v) is 2.96. The fourth-order valence-electron chi connectivity index (χ4n) is 2.00. The zero-order valence-corrected chi connectivity index (χ0v) is 10.7. The molecule has 0 aliphatic carbocycles. The lowest BCUT2D eigenvalue weighted by molar-refractivity contribution is 0.605. The van der Waals surface area contributed by atoms with Crippen LogP contribution in [0.3, 0.4) is 0 Å². The monoisotopic (exact) mass is 264 g/mol. The molecule has 0 saturated heterocycles. The maximum Gasteiger partial charge on any atom is 0.123 e. The van der Waals surface area contributed by atoms with Crippen molar-refractivity contribution in [2.45, 2.75) is 13.0 Å². The number of aryl methyl sites for hydroxylation is 1. The van der Waals surface area contributed by atoms with Crippen LogP contribution >= 0.6 is 11.6 Å². The molecule has 0 aromatic heterocycles. The van der Waals surface area contributed by atoms with Crippen molar-refractivity contribution in [3.05, 3.63) is 70.0 Å². The summed E-state index contributed by atoms with van der Waals surface area (Å²) in [5.41, 5.74) is 5.40. The van der Waals surface area contributed by atoms with E-state index in [1.165, 1.54) is 12.1 Å². The minimum absolute atomic E-state index is 0.280. The first-order valence-corrected chi connectivity index (χ1v) is 5.96. The van der Waals surface area contributed by atoms with Gasteiger partial charge in [0.25, 0.3) is 0 Å². The molecule has 18 heavy (non-hydrogen) atoms. The van der Waals surface area contributed by atoms with Crippen LogP contribution in [-0.4, -0.2) is 0 Å². The van der Waals surface area contributed by atoms with Gasteiger partial charge in [-0.2, -0.15) is 0 Å². The normalized spacial score (nSPS) is 12.4. The summed E-state index contributed by atoms with van der Waals surface area (Å²) in [6.45, 7) is 1.95. The molecule has 0 saturated carbocycles. The summed E-state index contributed by atoms with van der Waals surface area (Å²) in [6.07, 6.45) is 0. The molecule has 0 radical (unpaired) electrons. The fraction of sp³-hybridized carbons (Fsp3) is 0.143. The van der Waals surface area contributed by atoms with E-state index in [0.717, 1.165) is 16.7 Å². The molecule has 2 aromatic carbocycles. The first-order chi connectivity index (χ1) is 8.60. The van der Waals surface area contributed by atoms with E-state index in [2.05, 4.69) is 5.43 Å². The Hall–Kier alpha value is -1.42. The van der Waals surface area contributed by atoms with Gasteiger partial charge in [-0.25, -0.2) is 9.82 Å². The quantitative estimate of drug-likeness (QED) is 0.659. The van der Waals surface area contributed by atoms with Gasteiger partial charge in [0.15, 0.2) is 0 Å². The van der Waals surface area contributed by atoms with E-state index >= 15 is 0 Å². The van der Waals surface area contributed by atoms with Crippen LogP contribution in [0.25, 0.3) is 0 Å². The minimum Gasteiger partial charge on any atom is -0.271 e. The van der Waals surface area contributed by atoms with E-state index < -0.39 is 0 Å². The third-order valence-electron chi connectivity index (χ3n) is 2.75. The van der Waals surface area contributed by atoms with Crippen LogP contribution < -0.4 is 11.3 Å². The van der Waals surface area contributed by atoms with Gasteiger partial charge in [0, 0.05) is 5.02 Å². The van der Waals surface area contributed by atoms with Gasteiger partial charge in [0.05, 0.1) is 6.04 Å². The van der Waals surface area contributed by atoms with Crippen molar-refractivity contribution >= 4 is 11.6 Å². The Labute approximate surface area is 111 Å². The maximum absolute atomic E-state index is 13.2. The van der Waals surface area contributed by atoms with Gasteiger partial charge in [0.2, 0.25) is 0 Å². The van der Waals surface area contributed by atoms with Crippen LogP contribution in [0.4, 0.5) is 4.39 Å². The second-order valence-corrected chi connectivity index (χ2v) is 4.65. The van der Waals surface area contributed by atoms with Crippen LogP contribution in [-0.2, 0) is 0 Å². The summed E-state index contributed by atoms with van der Waals surface area (Å²) in [6, 6.07) is 11.7. The molecule has 1 unspecified atom stereocenters. The smallest absolute Gasteiger partial charge is 0.123 e. The number of hydrogen-bond donors (Lipinski definition) is 2. The number of benzene rings is 2. The average Bonchev–Trinajstić information content (AvgIpc) is 2.28. The number of hydrogen-bond acceptors (Lipinski definition) is 2. The summed E-state index contributed by atoms with van der Waals surface area (Å²) >= 11 is 6.03. The van der Waals surface area contributed by atoms with E-state index in [4.69, 9.17) is 17.4 Å². The summed E-state index contributed by atoms with van der Waals surface area (Å²) in [5, 5.41) is 0.640. The van der Waals surface area contributed by atoms with Crippen molar-refractivity contribution in [1.82, 2.24) is 5.43 Å². The van der Waals surface area contributed by atoms with E-state index in [0.29, 0.717) is 5.02 Å². The zero-order chi connectivity index (χ0) is 13.1. The largest absolute Gasteiger partial charge is 0.271 e. The van der Waals surface area contributed by atoms with Crippen molar-refractivity contribution in [2.24, 2.45) is 5.84 Å². The van der Waals surface area contributed by atoms with Crippen molar-refractivity contribution in [3.63, 3.8) is 0 Å². The number of hydrazine groups is 1. The molecule has 2 nitrogen and oxygen atoms in total. The van der Waals surface area contributed by atoms with Crippen LogP contribution in [0.15, 0.2) is 42.5 Å². The van der Waals surface area contributed by atoms with Crippen molar-refractivity contribution < 1.29 is 4.39 Å². The molecule has 2 aromatic rings. The second kappa shape index (κ2) is 5.48. The highest BCUT2D eigenvalue weighted by Gasteiger charge is 2.13. The number of nitrogens with one attached hydrogen (secondary N) is 1. The van der Waals surface area contributed by atoms with Crippen molar-refractivity contribution in [3.8, 4) is 0 Å². The summed E-state index contributed by atoms with van der Waals surface area (Å²) in [5.74, 6) is 5.29. The lowest BCUT2D eigenvalue weighted by Gasteiger charge is -2.18. The fourth-order valence-corrected chi connectivity index (χ4v) is 2.30. The first-order valence-electron chi connectivity index (χ1n) is 5.59. The highest BCUT2D eigenvalue weighted by Crippen LogP contribution is 2.25. The third kappa shape index (κ3) is 2.88. The Kier molecular flexibility index (Phi) is 3.97. The van der Waals surface area contributed by atoms with Gasteiger partial charge in [-0.15, -0.1) is 0 Å². The predicted octanol–water partition coefficient (Wildman–Crippen LogP) is 3.34. The van der Waals surface area contributed by atoms with Gasteiger partial charge in [-0.3, -0.25) is 5.84 Å². The average molecular weight is 265 g/mol. The van der Waals surface area contributed by atoms with E-state index in [1.807, 2.05) is 31.2 Å². The van der Waals surface area contributed by atoms with E-state index in [1.54, 1.807) is 6.07 Å². The van der Waals surface area contributed by atoms with Crippen LogP contribution in [0.5, 0.6) is 0 Å². The SMILES string of the molecule is Cc1cc(Cl)cc(C(NN)c2cccc(F)c2)c1. The standard InChI is InChI=1S/C14H14ClFN2/c1-9-5-11(7-12(15)6-9)14(18-17)10-3-2-4-13(16)8-10/h2-8,14,18H,17H2,1H3. The highest BCUT2D eigenvalue weighted by molar-refractivity contribution is 6.30. The van der Waals surface area contributed by atoms with Gasteiger partial charge < -0.3 is 0 Å². The molecule has 0 spiro atoms. The minimum atomic E-state index is -0.286. The zero-order valence-electron chi connectivity index (χ0n) is 9.95. The Balaban J connectivity index is 2.45. The molecule has 0 aliphatic rings. The van der Waals surface area contributed by atoms with Crippen molar-refractivity contribution in [1.29, 1.82) is 0 Å². The number of halogens is 2. The number of rotatable bonds is 3. The Morgan fingerprint density at radius 2 is 1.94 bits per heavy atom. The first kappa shape index (κ1) is 13.0. The molecule has 4 heteroatoms. The molecule has 1 atom stereocenters. The number of nitrogens with two attached hydrogens (primary N) is 1. The molecular weight excluding hydrogens is 251 g/mol. The molecule has 0 bridgehead atoms. The predicted molar refractivity (Wildman–Crippen MR) is 71.8 cm³/mol. The van der Waals surface area contributed by atoms with Crippen LogP contribution in [0.2, 0.25) is 5.02 Å². The molecule has 0 fully saturated rings. The van der Waals surface area contributed by atoms with Gasteiger partial charge in [-0.1, -0.05) is 29.8 Å². The maximum atomic E-state index is 13.2. The molecule has 0 aliphatic heterocycles. The van der Waals surface area contributed by atoms with Gasteiger partial charge >= 0.3 is 0 Å². The Morgan fingerprint density at radius 1 is 1.17 bits per heavy atom. The molecule has 2 rings (SSSR count). The lowest BCUT2D eigenvalue weighted by atomic mass is 9.98. The van der Waals surface area contributed by atoms with E-state index in [-0.39, 0.29) is 11.9 Å². The van der Waals surface area contributed by atoms with E-state index in [9.17, 15) is 4.39 Å². The Morgan fingerprint density at radius 3 is 2.56 bits per heavy atom. The molecule has 3 N–H and O–H groups in total. The summed E-state index contributed by atoms with van der Waals surface area (Å²) in [7, 11) is 0. The molecule has 0 heterocycles. The van der Waals surface area contributed by atoms with Crippen LogP contribution in [0, 0.1) is 12.7 Å².